The summed E-state index contributed by atoms with van der Waals surface area (Å²) in [5, 5.41) is 5.47. The van der Waals surface area contributed by atoms with Crippen molar-refractivity contribution in [1.29, 1.82) is 0 Å². The number of amides is 1. The number of nitrogens with two attached hydrogens (primary N) is 1. The van der Waals surface area contributed by atoms with E-state index in [1.165, 1.54) is 0 Å². The number of nitrogens with zero attached hydrogens (tertiary/aromatic N) is 3. The summed E-state index contributed by atoms with van der Waals surface area (Å²) in [6.07, 6.45) is 3.68. The molecule has 1 atom stereocenters. The number of carbonyl (C=O) groups excluding carboxylic acids is 1. The van der Waals surface area contributed by atoms with Gasteiger partial charge in [-0.2, -0.15) is 5.10 Å². The maximum atomic E-state index is 12.3. The minimum atomic E-state index is -0.459. The number of carbonyl (C=O) groups is 1. The number of rotatable bonds is 2. The Morgan fingerprint density at radius 2 is 2.21 bits per heavy atom. The number of ether oxygens (including phenoxy) is 1. The average Bonchev–Trinajstić information content (AvgIpc) is 2.90. The van der Waals surface area contributed by atoms with Gasteiger partial charge in [-0.15, -0.1) is 0 Å². The van der Waals surface area contributed by atoms with Gasteiger partial charge < -0.3 is 15.4 Å². The summed E-state index contributed by atoms with van der Waals surface area (Å²) in [5.41, 5.74) is 7.34. The third kappa shape index (κ3) is 3.63. The Labute approximate surface area is 142 Å². The molecular weight excluding hydrogens is 304 g/mol. The Kier molecular flexibility index (Phi) is 4.39. The number of piperidine rings is 1. The number of hydrogen-bond acceptors (Lipinski definition) is 4. The first kappa shape index (κ1) is 16.6. The van der Waals surface area contributed by atoms with E-state index < -0.39 is 5.60 Å². The van der Waals surface area contributed by atoms with Crippen LogP contribution in [0.25, 0.3) is 10.9 Å². The molecule has 1 aromatic carbocycles. The fourth-order valence-corrected chi connectivity index (χ4v) is 3.22. The monoisotopic (exact) mass is 330 g/mol. The van der Waals surface area contributed by atoms with E-state index in [4.69, 9.17) is 10.5 Å². The van der Waals surface area contributed by atoms with Crippen molar-refractivity contribution in [3.8, 4) is 0 Å². The Balaban J connectivity index is 1.69. The predicted octanol–water partition coefficient (Wildman–Crippen LogP) is 3.27. The van der Waals surface area contributed by atoms with Crippen molar-refractivity contribution in [2.24, 2.45) is 5.92 Å². The standard InChI is InChI=1S/C18H26N4O2/c1-18(2,3)24-17(23)21-9-5-6-13(11-21)12-22-16-8-4-7-15(19)14(16)10-20-22/h4,7-8,10,13H,5-6,9,11-12,19H2,1-3H3. The number of aromatic nitrogens is 2. The minimum Gasteiger partial charge on any atom is -0.444 e. The van der Waals surface area contributed by atoms with Crippen molar-refractivity contribution < 1.29 is 9.53 Å². The molecule has 2 heterocycles. The zero-order valence-electron chi connectivity index (χ0n) is 14.7. The van der Waals surface area contributed by atoms with Gasteiger partial charge in [0.05, 0.1) is 11.7 Å². The van der Waals surface area contributed by atoms with Crippen LogP contribution in [-0.4, -0.2) is 39.5 Å². The van der Waals surface area contributed by atoms with Crippen LogP contribution in [-0.2, 0) is 11.3 Å². The van der Waals surface area contributed by atoms with Crippen molar-refractivity contribution in [2.75, 3.05) is 18.8 Å². The SMILES string of the molecule is CC(C)(C)OC(=O)N1CCCC(Cn2ncc3c(N)cccc32)C1. The molecule has 1 unspecified atom stereocenters. The summed E-state index contributed by atoms with van der Waals surface area (Å²) in [7, 11) is 0. The predicted molar refractivity (Wildman–Crippen MR) is 94.7 cm³/mol. The third-order valence-corrected chi connectivity index (χ3v) is 4.32. The Bertz CT molecular complexity index is 732. The maximum Gasteiger partial charge on any atom is 0.410 e. The number of benzene rings is 1. The smallest absolute Gasteiger partial charge is 0.410 e. The van der Waals surface area contributed by atoms with E-state index in [2.05, 4.69) is 5.10 Å². The molecule has 1 aliphatic heterocycles. The van der Waals surface area contributed by atoms with Crippen molar-refractivity contribution in [3.05, 3.63) is 24.4 Å². The number of hydrogen-bond donors (Lipinski definition) is 1. The second-order valence-electron chi connectivity index (χ2n) is 7.54. The van der Waals surface area contributed by atoms with Crippen LogP contribution in [0.1, 0.15) is 33.6 Å². The molecule has 0 spiro atoms. The molecule has 0 radical (unpaired) electrons. The van der Waals surface area contributed by atoms with E-state index in [0.717, 1.165) is 42.5 Å². The number of nitrogen functional groups attached to an aromatic ring is 1. The molecule has 6 nitrogen and oxygen atoms in total. The summed E-state index contributed by atoms with van der Waals surface area (Å²) in [4.78, 5) is 14.1. The van der Waals surface area contributed by atoms with Crippen molar-refractivity contribution >= 4 is 22.7 Å². The zero-order chi connectivity index (χ0) is 17.3. The fraction of sp³-hybridized carbons (Fsp3) is 0.556. The molecule has 0 bridgehead atoms. The Morgan fingerprint density at radius 3 is 2.96 bits per heavy atom. The molecule has 24 heavy (non-hydrogen) atoms. The highest BCUT2D eigenvalue weighted by Crippen LogP contribution is 2.24. The molecule has 6 heteroatoms. The second-order valence-corrected chi connectivity index (χ2v) is 7.54. The van der Waals surface area contributed by atoms with Crippen LogP contribution >= 0.6 is 0 Å². The summed E-state index contributed by atoms with van der Waals surface area (Å²) < 4.78 is 7.49. The minimum absolute atomic E-state index is 0.221. The van der Waals surface area contributed by atoms with Crippen LogP contribution in [0.5, 0.6) is 0 Å². The molecule has 0 aliphatic carbocycles. The quantitative estimate of drug-likeness (QED) is 0.858. The van der Waals surface area contributed by atoms with Crippen LogP contribution in [0.3, 0.4) is 0 Å². The molecule has 130 valence electrons. The molecule has 2 N–H and O–H groups in total. The first-order valence-corrected chi connectivity index (χ1v) is 8.51. The Hall–Kier alpha value is -2.24. The van der Waals surface area contributed by atoms with Gasteiger partial charge in [0.15, 0.2) is 0 Å². The van der Waals surface area contributed by atoms with Crippen LogP contribution in [0, 0.1) is 5.92 Å². The van der Waals surface area contributed by atoms with E-state index in [0.29, 0.717) is 12.5 Å². The highest BCUT2D eigenvalue weighted by molar-refractivity contribution is 5.90. The van der Waals surface area contributed by atoms with E-state index in [9.17, 15) is 4.79 Å². The summed E-state index contributed by atoms with van der Waals surface area (Å²) >= 11 is 0. The van der Waals surface area contributed by atoms with Gasteiger partial charge in [0, 0.05) is 30.7 Å². The van der Waals surface area contributed by atoms with Crippen LogP contribution in [0.2, 0.25) is 0 Å². The van der Waals surface area contributed by atoms with E-state index in [1.54, 1.807) is 0 Å². The molecule has 1 amide bonds. The number of anilines is 1. The van der Waals surface area contributed by atoms with E-state index >= 15 is 0 Å². The highest BCUT2D eigenvalue weighted by atomic mass is 16.6. The fourth-order valence-electron chi connectivity index (χ4n) is 3.22. The van der Waals surface area contributed by atoms with Gasteiger partial charge in [-0.3, -0.25) is 4.68 Å². The second kappa shape index (κ2) is 6.34. The highest BCUT2D eigenvalue weighted by Gasteiger charge is 2.28. The van der Waals surface area contributed by atoms with E-state index in [-0.39, 0.29) is 6.09 Å². The number of likely N-dealkylation sites (tertiary alicyclic amines) is 1. The summed E-state index contributed by atoms with van der Waals surface area (Å²) in [6, 6.07) is 5.87. The van der Waals surface area contributed by atoms with Crippen molar-refractivity contribution in [1.82, 2.24) is 14.7 Å². The molecule has 1 aromatic heterocycles. The van der Waals surface area contributed by atoms with Gasteiger partial charge in [0.2, 0.25) is 0 Å². The van der Waals surface area contributed by atoms with Gasteiger partial charge in [-0.05, 0) is 51.7 Å². The van der Waals surface area contributed by atoms with Gasteiger partial charge in [-0.25, -0.2) is 4.79 Å². The van der Waals surface area contributed by atoms with Crippen LogP contribution in [0.4, 0.5) is 10.5 Å². The van der Waals surface area contributed by atoms with Crippen LogP contribution < -0.4 is 5.73 Å². The average molecular weight is 330 g/mol. The third-order valence-electron chi connectivity index (χ3n) is 4.32. The van der Waals surface area contributed by atoms with Gasteiger partial charge in [0.25, 0.3) is 0 Å². The summed E-state index contributed by atoms with van der Waals surface area (Å²) in [6.45, 7) is 7.94. The summed E-state index contributed by atoms with van der Waals surface area (Å²) in [5.74, 6) is 0.371. The normalized spacial score (nSPS) is 18.8. The lowest BCUT2D eigenvalue weighted by atomic mass is 9.98. The first-order valence-electron chi connectivity index (χ1n) is 8.51. The number of fused-ring (bicyclic) bond motifs is 1. The lowest BCUT2D eigenvalue weighted by Crippen LogP contribution is -2.43. The van der Waals surface area contributed by atoms with Gasteiger partial charge in [0.1, 0.15) is 5.60 Å². The largest absolute Gasteiger partial charge is 0.444 e. The molecular formula is C18H26N4O2. The lowest BCUT2D eigenvalue weighted by molar-refractivity contribution is 0.0156. The lowest BCUT2D eigenvalue weighted by Gasteiger charge is -2.34. The molecule has 1 saturated heterocycles. The molecule has 1 aliphatic rings. The Morgan fingerprint density at radius 1 is 1.42 bits per heavy atom. The topological polar surface area (TPSA) is 73.4 Å². The molecule has 3 rings (SSSR count). The zero-order valence-corrected chi connectivity index (χ0v) is 14.7. The van der Waals surface area contributed by atoms with Gasteiger partial charge >= 0.3 is 6.09 Å². The molecule has 0 saturated carbocycles. The molecule has 1 fully saturated rings. The first-order chi connectivity index (χ1) is 11.3. The molecule has 2 aromatic rings. The van der Waals surface area contributed by atoms with E-state index in [1.807, 2.05) is 54.7 Å². The maximum absolute atomic E-state index is 12.3. The van der Waals surface area contributed by atoms with Crippen molar-refractivity contribution in [3.63, 3.8) is 0 Å². The van der Waals surface area contributed by atoms with Gasteiger partial charge in [-0.1, -0.05) is 6.07 Å². The van der Waals surface area contributed by atoms with Crippen molar-refractivity contribution in [2.45, 2.75) is 45.8 Å². The van der Waals surface area contributed by atoms with Crippen LogP contribution in [0.15, 0.2) is 24.4 Å².